The number of rotatable bonds is 8. The Morgan fingerprint density at radius 1 is 1.00 bits per heavy atom. The van der Waals surface area contributed by atoms with E-state index in [0.29, 0.717) is 17.8 Å². The minimum absolute atomic E-state index is 0.360. The molecule has 1 aliphatic heterocycles. The molecule has 1 aromatic heterocycles. The fraction of sp³-hybridized carbons (Fsp3) is 0.333. The maximum atomic E-state index is 12.3. The number of anilines is 2. The van der Waals surface area contributed by atoms with Crippen LogP contribution < -0.4 is 10.6 Å². The van der Waals surface area contributed by atoms with Gasteiger partial charge in [0.15, 0.2) is 0 Å². The molecule has 2 heterocycles. The van der Waals surface area contributed by atoms with Gasteiger partial charge in [0.2, 0.25) is 0 Å². The predicted octanol–water partition coefficient (Wildman–Crippen LogP) is 4.72. The number of nitrogens with zero attached hydrogens (tertiary/aromatic N) is 2. The molecule has 0 spiro atoms. The van der Waals surface area contributed by atoms with Gasteiger partial charge in [0.05, 0.1) is 11.3 Å². The van der Waals surface area contributed by atoms with E-state index in [1.807, 2.05) is 42.7 Å². The first-order valence-electron chi connectivity index (χ1n) is 11.7. The number of carboxylic acids is 1. The number of aromatic nitrogens is 1. The van der Waals surface area contributed by atoms with E-state index in [2.05, 4.69) is 46.5 Å². The molecule has 0 bridgehead atoms. The maximum Gasteiger partial charge on any atom is 0.338 e. The second kappa shape index (κ2) is 10.6. The Balaban J connectivity index is 1.72. The third-order valence-corrected chi connectivity index (χ3v) is 6.31. The molecule has 1 aliphatic rings. The van der Waals surface area contributed by atoms with Gasteiger partial charge in [0.1, 0.15) is 0 Å². The molecule has 1 saturated heterocycles. The lowest BCUT2D eigenvalue weighted by molar-refractivity contribution is 0.0695. The molecule has 0 radical (unpaired) electrons. The second-order valence-electron chi connectivity index (χ2n) is 8.41. The van der Waals surface area contributed by atoms with E-state index >= 15 is 0 Å². The molecule has 4 rings (SSSR count). The van der Waals surface area contributed by atoms with E-state index in [1.165, 1.54) is 11.1 Å². The van der Waals surface area contributed by atoms with Crippen LogP contribution >= 0.6 is 0 Å². The van der Waals surface area contributed by atoms with Crippen molar-refractivity contribution in [2.75, 3.05) is 31.5 Å². The number of piperazine rings is 1. The van der Waals surface area contributed by atoms with Crippen LogP contribution in [0.15, 0.2) is 54.9 Å². The van der Waals surface area contributed by atoms with E-state index in [-0.39, 0.29) is 0 Å². The number of carbonyl (C=O) groups is 1. The average molecular weight is 445 g/mol. The SMILES string of the molecule is CCc1cc(-c2ccncc2)cc(CC)c1Nc1cccc(CN2CCNCC2)c1C(=O)O. The lowest BCUT2D eigenvalue weighted by Crippen LogP contribution is -2.43. The summed E-state index contributed by atoms with van der Waals surface area (Å²) in [5.74, 6) is -0.896. The molecule has 0 unspecified atom stereocenters. The molecule has 3 N–H and O–H groups in total. The lowest BCUT2D eigenvalue weighted by atomic mass is 9.95. The molecule has 33 heavy (non-hydrogen) atoms. The Morgan fingerprint density at radius 2 is 1.67 bits per heavy atom. The number of benzene rings is 2. The topological polar surface area (TPSA) is 77.5 Å². The lowest BCUT2D eigenvalue weighted by Gasteiger charge is -2.28. The summed E-state index contributed by atoms with van der Waals surface area (Å²) in [5.41, 5.74) is 7.50. The Hall–Kier alpha value is -3.22. The van der Waals surface area contributed by atoms with Crippen molar-refractivity contribution in [1.29, 1.82) is 0 Å². The van der Waals surface area contributed by atoms with Crippen molar-refractivity contribution in [3.8, 4) is 11.1 Å². The van der Waals surface area contributed by atoms with Gasteiger partial charge in [0, 0.05) is 50.8 Å². The first kappa shape index (κ1) is 23.0. The molecular weight excluding hydrogens is 412 g/mol. The molecule has 0 saturated carbocycles. The highest BCUT2D eigenvalue weighted by Gasteiger charge is 2.20. The minimum atomic E-state index is -0.896. The van der Waals surface area contributed by atoms with Crippen molar-refractivity contribution < 1.29 is 9.90 Å². The number of aromatic carboxylic acids is 1. The van der Waals surface area contributed by atoms with Gasteiger partial charge in [0.25, 0.3) is 0 Å². The molecule has 6 heteroatoms. The average Bonchev–Trinajstić information content (AvgIpc) is 2.85. The highest BCUT2D eigenvalue weighted by Crippen LogP contribution is 2.34. The molecule has 2 aromatic carbocycles. The summed E-state index contributed by atoms with van der Waals surface area (Å²) in [7, 11) is 0. The normalized spacial score (nSPS) is 14.2. The van der Waals surface area contributed by atoms with Gasteiger partial charge in [-0.1, -0.05) is 26.0 Å². The highest BCUT2D eigenvalue weighted by atomic mass is 16.4. The molecule has 1 fully saturated rings. The number of pyridine rings is 1. The Labute approximate surface area is 195 Å². The fourth-order valence-corrected chi connectivity index (χ4v) is 4.53. The first-order chi connectivity index (χ1) is 16.1. The zero-order valence-corrected chi connectivity index (χ0v) is 19.4. The number of nitrogens with one attached hydrogen (secondary N) is 2. The van der Waals surface area contributed by atoms with Gasteiger partial charge in [-0.3, -0.25) is 9.88 Å². The smallest absolute Gasteiger partial charge is 0.338 e. The number of hydrogen-bond acceptors (Lipinski definition) is 5. The van der Waals surface area contributed by atoms with Crippen LogP contribution in [-0.2, 0) is 19.4 Å². The van der Waals surface area contributed by atoms with Crippen molar-refractivity contribution in [3.63, 3.8) is 0 Å². The fourth-order valence-electron chi connectivity index (χ4n) is 4.53. The predicted molar refractivity (Wildman–Crippen MR) is 133 cm³/mol. The number of hydrogen-bond donors (Lipinski definition) is 3. The molecule has 0 atom stereocenters. The standard InChI is InChI=1S/C27H32N4O2/c1-3-19-16-23(21-8-10-28-11-9-21)17-20(4-2)26(19)30-24-7-5-6-22(25(24)27(32)33)18-31-14-12-29-13-15-31/h5-11,16-17,29-30H,3-4,12-15,18H2,1-2H3,(H,32,33). The molecule has 0 aliphatic carbocycles. The summed E-state index contributed by atoms with van der Waals surface area (Å²) >= 11 is 0. The third kappa shape index (κ3) is 5.24. The quantitative estimate of drug-likeness (QED) is 0.467. The Morgan fingerprint density at radius 3 is 2.27 bits per heavy atom. The number of aryl methyl sites for hydroxylation is 2. The second-order valence-corrected chi connectivity index (χ2v) is 8.41. The summed E-state index contributed by atoms with van der Waals surface area (Å²) in [4.78, 5) is 18.8. The molecule has 0 amide bonds. The zero-order valence-electron chi connectivity index (χ0n) is 19.4. The van der Waals surface area contributed by atoms with Crippen LogP contribution in [0.4, 0.5) is 11.4 Å². The van der Waals surface area contributed by atoms with Gasteiger partial charge < -0.3 is 15.7 Å². The van der Waals surface area contributed by atoms with Gasteiger partial charge >= 0.3 is 5.97 Å². The first-order valence-corrected chi connectivity index (χ1v) is 11.7. The summed E-state index contributed by atoms with van der Waals surface area (Å²) in [6.07, 6.45) is 5.30. The molecular formula is C27H32N4O2. The van der Waals surface area contributed by atoms with Crippen LogP contribution in [-0.4, -0.2) is 47.1 Å². The highest BCUT2D eigenvalue weighted by molar-refractivity contribution is 5.97. The summed E-state index contributed by atoms with van der Waals surface area (Å²) in [6.45, 7) is 8.62. The van der Waals surface area contributed by atoms with Crippen molar-refractivity contribution in [2.24, 2.45) is 0 Å². The van der Waals surface area contributed by atoms with Crippen molar-refractivity contribution in [1.82, 2.24) is 15.2 Å². The molecule has 172 valence electrons. The van der Waals surface area contributed by atoms with Crippen LogP contribution in [0.5, 0.6) is 0 Å². The van der Waals surface area contributed by atoms with Crippen LogP contribution in [0.2, 0.25) is 0 Å². The van der Waals surface area contributed by atoms with Crippen molar-refractivity contribution >= 4 is 17.3 Å². The third-order valence-electron chi connectivity index (χ3n) is 6.31. The largest absolute Gasteiger partial charge is 0.478 e. The van der Waals surface area contributed by atoms with Gasteiger partial charge in [-0.2, -0.15) is 0 Å². The van der Waals surface area contributed by atoms with E-state index in [4.69, 9.17) is 0 Å². The van der Waals surface area contributed by atoms with E-state index in [9.17, 15) is 9.90 Å². The Kier molecular flexibility index (Phi) is 7.37. The van der Waals surface area contributed by atoms with E-state index < -0.39 is 5.97 Å². The van der Waals surface area contributed by atoms with Crippen molar-refractivity contribution in [2.45, 2.75) is 33.2 Å². The van der Waals surface area contributed by atoms with Gasteiger partial charge in [-0.05, 0) is 71.0 Å². The summed E-state index contributed by atoms with van der Waals surface area (Å²) in [6, 6.07) is 14.2. The van der Waals surface area contributed by atoms with E-state index in [0.717, 1.165) is 61.4 Å². The monoisotopic (exact) mass is 444 g/mol. The number of carboxylic acid groups (broad SMARTS) is 1. The minimum Gasteiger partial charge on any atom is -0.478 e. The van der Waals surface area contributed by atoms with E-state index in [1.54, 1.807) is 0 Å². The van der Waals surface area contributed by atoms with Gasteiger partial charge in [-0.15, -0.1) is 0 Å². The molecule has 3 aromatic rings. The summed E-state index contributed by atoms with van der Waals surface area (Å²) in [5, 5.41) is 17.0. The van der Waals surface area contributed by atoms with Crippen LogP contribution in [0.1, 0.15) is 40.9 Å². The van der Waals surface area contributed by atoms with Crippen LogP contribution in [0.25, 0.3) is 11.1 Å². The van der Waals surface area contributed by atoms with Crippen molar-refractivity contribution in [3.05, 3.63) is 77.1 Å². The van der Waals surface area contributed by atoms with Crippen LogP contribution in [0, 0.1) is 0 Å². The van der Waals surface area contributed by atoms with Gasteiger partial charge in [-0.25, -0.2) is 4.79 Å². The zero-order chi connectivity index (χ0) is 23.2. The Bertz CT molecular complexity index is 1080. The summed E-state index contributed by atoms with van der Waals surface area (Å²) < 4.78 is 0. The molecule has 6 nitrogen and oxygen atoms in total. The maximum absolute atomic E-state index is 12.3. The van der Waals surface area contributed by atoms with Crippen LogP contribution in [0.3, 0.4) is 0 Å².